The van der Waals surface area contributed by atoms with E-state index in [2.05, 4.69) is 95.9 Å². The zero-order chi connectivity index (χ0) is 27.8. The number of fused-ring (bicyclic) bond motifs is 9. The largest absolute Gasteiger partial charge is 0.456 e. The summed E-state index contributed by atoms with van der Waals surface area (Å²) in [7, 11) is -3.20. The van der Waals surface area contributed by atoms with Crippen LogP contribution in [0.2, 0.25) is 0 Å². The van der Waals surface area contributed by atoms with Crippen molar-refractivity contribution in [2.45, 2.75) is 0 Å². The molecule has 1 aromatic heterocycles. The summed E-state index contributed by atoms with van der Waals surface area (Å²) in [6.07, 6.45) is 0. The highest BCUT2D eigenvalue weighted by molar-refractivity contribution is 7.88. The SMILES string of the molecule is O=P1(c2ccccc2)C2=C(c3ccccc3N(c3ccc4oc5ccccc5c4c3)c3ccccc32)c2ccccc21. The van der Waals surface area contributed by atoms with Crippen LogP contribution in [0.15, 0.2) is 150 Å². The maximum absolute atomic E-state index is 15.8. The molecule has 0 N–H and O–H groups in total. The average Bonchev–Trinajstić information content (AvgIpc) is 3.51. The minimum atomic E-state index is -3.20. The van der Waals surface area contributed by atoms with Gasteiger partial charge in [0.25, 0.3) is 0 Å². The number of para-hydroxylation sites is 3. The van der Waals surface area contributed by atoms with E-state index in [0.717, 1.165) is 77.2 Å². The van der Waals surface area contributed by atoms with Crippen molar-refractivity contribution >= 4 is 67.6 Å². The van der Waals surface area contributed by atoms with Crippen molar-refractivity contribution < 1.29 is 8.98 Å². The number of benzene rings is 6. The van der Waals surface area contributed by atoms with E-state index in [-0.39, 0.29) is 0 Å². The Kier molecular flexibility index (Phi) is 4.88. The van der Waals surface area contributed by atoms with Crippen LogP contribution in [-0.4, -0.2) is 0 Å². The predicted octanol–water partition coefficient (Wildman–Crippen LogP) is 9.61. The highest BCUT2D eigenvalue weighted by Gasteiger charge is 2.46. The zero-order valence-electron chi connectivity index (χ0n) is 22.6. The van der Waals surface area contributed by atoms with Crippen molar-refractivity contribution in [2.24, 2.45) is 0 Å². The number of hydrogen-bond acceptors (Lipinski definition) is 3. The summed E-state index contributed by atoms with van der Waals surface area (Å²) in [6.45, 7) is 0. The molecule has 0 saturated heterocycles. The Morgan fingerprint density at radius 3 is 1.98 bits per heavy atom. The van der Waals surface area contributed by atoms with Gasteiger partial charge in [-0.25, -0.2) is 0 Å². The van der Waals surface area contributed by atoms with Crippen LogP contribution >= 0.6 is 7.14 Å². The van der Waals surface area contributed by atoms with Crippen molar-refractivity contribution in [3.8, 4) is 0 Å². The molecule has 0 aliphatic carbocycles. The lowest BCUT2D eigenvalue weighted by molar-refractivity contribution is 0.593. The maximum Gasteiger partial charge on any atom is 0.172 e. The fourth-order valence-corrected chi connectivity index (χ4v) is 10.1. The maximum atomic E-state index is 15.8. The molecule has 2 aliphatic heterocycles. The van der Waals surface area contributed by atoms with Gasteiger partial charge < -0.3 is 13.9 Å². The van der Waals surface area contributed by atoms with E-state index in [4.69, 9.17) is 4.42 Å². The van der Waals surface area contributed by atoms with Gasteiger partial charge in [0.2, 0.25) is 0 Å². The van der Waals surface area contributed by atoms with Crippen molar-refractivity contribution in [1.82, 2.24) is 0 Å². The van der Waals surface area contributed by atoms with Crippen molar-refractivity contribution in [3.05, 3.63) is 162 Å². The van der Waals surface area contributed by atoms with Gasteiger partial charge in [0, 0.05) is 49.1 Å². The molecule has 7 aromatic rings. The molecule has 0 bridgehead atoms. The number of rotatable bonds is 2. The normalized spacial score (nSPS) is 17.1. The van der Waals surface area contributed by atoms with Gasteiger partial charge in [-0.3, -0.25) is 0 Å². The van der Waals surface area contributed by atoms with E-state index >= 15 is 4.57 Å². The molecular formula is C38H24NO2P. The van der Waals surface area contributed by atoms with Crippen LogP contribution in [0.1, 0.15) is 16.7 Å². The van der Waals surface area contributed by atoms with Crippen LogP contribution in [0.3, 0.4) is 0 Å². The predicted molar refractivity (Wildman–Crippen MR) is 174 cm³/mol. The van der Waals surface area contributed by atoms with E-state index in [1.165, 1.54) is 0 Å². The summed E-state index contributed by atoms with van der Waals surface area (Å²) in [5.74, 6) is 0. The van der Waals surface area contributed by atoms with Crippen LogP contribution < -0.4 is 15.5 Å². The van der Waals surface area contributed by atoms with E-state index in [1.807, 2.05) is 54.6 Å². The molecule has 9 rings (SSSR count). The van der Waals surface area contributed by atoms with Gasteiger partial charge in [0.15, 0.2) is 7.14 Å². The summed E-state index contributed by atoms with van der Waals surface area (Å²) < 4.78 is 21.9. The van der Waals surface area contributed by atoms with Crippen LogP contribution in [0.25, 0.3) is 32.8 Å². The van der Waals surface area contributed by atoms with Crippen LogP contribution in [0.4, 0.5) is 17.1 Å². The van der Waals surface area contributed by atoms with Crippen molar-refractivity contribution in [1.29, 1.82) is 0 Å². The van der Waals surface area contributed by atoms with Crippen molar-refractivity contribution in [3.63, 3.8) is 0 Å². The molecule has 1 unspecified atom stereocenters. The standard InChI is InChI=1S/C38H24NO2P/c40-42(26-12-2-1-3-13-26)36-21-11-7-17-30(36)37-28-15-4-8-18-32(28)39(33-19-9-5-16-29(33)38(37)42)25-22-23-35-31(24-25)27-14-6-10-20-34(27)41-35/h1-24H. The molecule has 2 aliphatic rings. The lowest BCUT2D eigenvalue weighted by Gasteiger charge is -2.29. The van der Waals surface area contributed by atoms with Crippen LogP contribution in [0, 0.1) is 0 Å². The first-order valence-electron chi connectivity index (χ1n) is 14.1. The Hall–Kier alpha value is -5.11. The van der Waals surface area contributed by atoms with E-state index in [1.54, 1.807) is 0 Å². The second kappa shape index (κ2) is 8.69. The summed E-state index contributed by atoms with van der Waals surface area (Å²) in [4.78, 5) is 2.32. The molecule has 3 heterocycles. The Morgan fingerprint density at radius 2 is 1.14 bits per heavy atom. The number of nitrogens with zero attached hydrogens (tertiary/aromatic N) is 1. The van der Waals surface area contributed by atoms with Gasteiger partial charge in [-0.1, -0.05) is 109 Å². The Bertz CT molecular complexity index is 2300. The van der Waals surface area contributed by atoms with E-state index in [9.17, 15) is 0 Å². The number of anilines is 3. The summed E-state index contributed by atoms with van der Waals surface area (Å²) in [5, 5.41) is 4.84. The minimum absolute atomic E-state index is 0.856. The molecule has 1 atom stereocenters. The molecule has 42 heavy (non-hydrogen) atoms. The van der Waals surface area contributed by atoms with Gasteiger partial charge in [-0.2, -0.15) is 0 Å². The molecule has 3 nitrogen and oxygen atoms in total. The van der Waals surface area contributed by atoms with Crippen LogP contribution in [0.5, 0.6) is 0 Å². The lowest BCUT2D eigenvalue weighted by atomic mass is 9.95. The Morgan fingerprint density at radius 1 is 0.524 bits per heavy atom. The van der Waals surface area contributed by atoms with Crippen LogP contribution in [-0.2, 0) is 4.57 Å². The quantitative estimate of drug-likeness (QED) is 0.199. The summed E-state index contributed by atoms with van der Waals surface area (Å²) in [5.41, 5.74) is 8.98. The van der Waals surface area contributed by atoms with E-state index in [0.29, 0.717) is 0 Å². The number of hydrogen-bond donors (Lipinski definition) is 0. The summed E-state index contributed by atoms with van der Waals surface area (Å²) >= 11 is 0. The average molecular weight is 558 g/mol. The lowest BCUT2D eigenvalue weighted by Crippen LogP contribution is -2.17. The highest BCUT2D eigenvalue weighted by atomic mass is 31.2. The first-order valence-corrected chi connectivity index (χ1v) is 15.8. The molecule has 0 radical (unpaired) electrons. The molecular weight excluding hydrogens is 533 g/mol. The molecule has 4 heteroatoms. The third-order valence-corrected chi connectivity index (χ3v) is 11.8. The number of furan rings is 1. The first-order chi connectivity index (χ1) is 20.7. The summed E-state index contributed by atoms with van der Waals surface area (Å²) in [6, 6.07) is 49.8. The fourth-order valence-electron chi connectivity index (χ4n) is 6.86. The van der Waals surface area contributed by atoms with Crippen molar-refractivity contribution in [2.75, 3.05) is 4.90 Å². The first kappa shape index (κ1) is 23.6. The monoisotopic (exact) mass is 557 g/mol. The molecule has 0 saturated carbocycles. The molecule has 6 aromatic carbocycles. The fraction of sp³-hybridized carbons (Fsp3) is 0. The zero-order valence-corrected chi connectivity index (χ0v) is 23.5. The molecule has 0 fully saturated rings. The highest BCUT2D eigenvalue weighted by Crippen LogP contribution is 2.68. The second-order valence-electron chi connectivity index (χ2n) is 10.8. The van der Waals surface area contributed by atoms with Gasteiger partial charge in [-0.15, -0.1) is 0 Å². The molecule has 198 valence electrons. The Balaban J connectivity index is 1.40. The smallest absolute Gasteiger partial charge is 0.172 e. The molecule has 0 amide bonds. The van der Waals surface area contributed by atoms with Gasteiger partial charge in [0.1, 0.15) is 11.2 Å². The van der Waals surface area contributed by atoms with Gasteiger partial charge >= 0.3 is 0 Å². The molecule has 0 spiro atoms. The second-order valence-corrected chi connectivity index (χ2v) is 13.5. The third-order valence-electron chi connectivity index (χ3n) is 8.62. The topological polar surface area (TPSA) is 33.5 Å². The Labute approximate surface area is 243 Å². The van der Waals surface area contributed by atoms with E-state index < -0.39 is 7.14 Å². The van der Waals surface area contributed by atoms with Gasteiger partial charge in [0.05, 0.1) is 11.4 Å². The van der Waals surface area contributed by atoms with Gasteiger partial charge in [-0.05, 0) is 42.0 Å². The minimum Gasteiger partial charge on any atom is -0.456 e. The third kappa shape index (κ3) is 3.09.